The van der Waals surface area contributed by atoms with Gasteiger partial charge < -0.3 is 20.1 Å². The fraction of sp³-hybridized carbons (Fsp3) is 0.143. The fourth-order valence-electron chi connectivity index (χ4n) is 1.66. The van der Waals surface area contributed by atoms with Crippen LogP contribution in [0, 0.1) is 0 Å². The highest BCUT2D eigenvalue weighted by atomic mass is 16.5. The summed E-state index contributed by atoms with van der Waals surface area (Å²) in [6, 6.07) is 0.858. The van der Waals surface area contributed by atoms with Crippen molar-refractivity contribution < 1.29 is 29.6 Å². The molecule has 1 rings (SSSR count). The molecule has 6 heteroatoms. The Morgan fingerprint density at radius 3 is 2.40 bits per heavy atom. The molecule has 106 valence electrons. The Morgan fingerprint density at radius 2 is 1.90 bits per heavy atom. The van der Waals surface area contributed by atoms with Crippen LogP contribution in [0.1, 0.15) is 26.3 Å². The number of carboxylic acid groups (broad SMARTS) is 1. The van der Waals surface area contributed by atoms with Gasteiger partial charge in [0.15, 0.2) is 0 Å². The second kappa shape index (κ2) is 6.42. The minimum absolute atomic E-state index is 0.0242. The lowest BCUT2D eigenvalue weighted by molar-refractivity contribution is 0.0543. The first-order chi connectivity index (χ1) is 9.43. The van der Waals surface area contributed by atoms with Crippen molar-refractivity contribution in [3.8, 4) is 11.5 Å². The predicted octanol–water partition coefficient (Wildman–Crippen LogP) is 1.87. The summed E-state index contributed by atoms with van der Waals surface area (Å²) in [6.45, 7) is 6.73. The highest BCUT2D eigenvalue weighted by Gasteiger charge is 2.25. The van der Waals surface area contributed by atoms with Crippen molar-refractivity contribution in [1.82, 2.24) is 0 Å². The van der Waals surface area contributed by atoms with Crippen LogP contribution in [0.25, 0.3) is 0 Å². The Bertz CT molecular complexity index is 574. The van der Waals surface area contributed by atoms with Gasteiger partial charge >= 0.3 is 11.9 Å². The molecule has 0 aliphatic carbocycles. The van der Waals surface area contributed by atoms with Crippen molar-refractivity contribution in [1.29, 1.82) is 0 Å². The number of benzene rings is 1. The van der Waals surface area contributed by atoms with Gasteiger partial charge in [-0.3, -0.25) is 0 Å². The van der Waals surface area contributed by atoms with E-state index in [1.807, 2.05) is 0 Å². The molecule has 0 aliphatic heterocycles. The Balaban J connectivity index is 3.42. The van der Waals surface area contributed by atoms with E-state index in [1.165, 1.54) is 12.2 Å². The minimum atomic E-state index is -1.42. The summed E-state index contributed by atoms with van der Waals surface area (Å²) in [5, 5.41) is 28.7. The number of carbonyl (C=O) groups excluding carboxylic acids is 1. The first-order valence-corrected chi connectivity index (χ1v) is 5.64. The van der Waals surface area contributed by atoms with Crippen LogP contribution in [0.3, 0.4) is 0 Å². The summed E-state index contributed by atoms with van der Waals surface area (Å²) in [6.07, 6.45) is 2.66. The van der Waals surface area contributed by atoms with Gasteiger partial charge in [-0.25, -0.2) is 9.59 Å². The predicted molar refractivity (Wildman–Crippen MR) is 71.1 cm³/mol. The van der Waals surface area contributed by atoms with E-state index >= 15 is 0 Å². The van der Waals surface area contributed by atoms with E-state index < -0.39 is 29.0 Å². The molecule has 0 aromatic heterocycles. The molecule has 0 amide bonds. The monoisotopic (exact) mass is 278 g/mol. The Hall–Kier alpha value is -2.76. The molecule has 20 heavy (non-hydrogen) atoms. The largest absolute Gasteiger partial charge is 0.507 e. The highest BCUT2D eigenvalue weighted by molar-refractivity contribution is 5.99. The van der Waals surface area contributed by atoms with E-state index in [2.05, 4.69) is 13.2 Å². The van der Waals surface area contributed by atoms with E-state index in [4.69, 9.17) is 9.84 Å². The third-order valence-corrected chi connectivity index (χ3v) is 2.49. The number of carboxylic acids is 1. The number of hydrogen-bond donors (Lipinski definition) is 3. The summed E-state index contributed by atoms with van der Waals surface area (Å²) >= 11 is 0. The number of allylic oxidation sites excluding steroid dienone is 1. The number of aromatic hydroxyl groups is 2. The SMILES string of the molecule is C=CCOC(=O)c1cc(O)c(C(=O)O)c(CC=C)c1O. The lowest BCUT2D eigenvalue weighted by Gasteiger charge is -2.12. The minimum Gasteiger partial charge on any atom is -0.507 e. The maximum Gasteiger partial charge on any atom is 0.342 e. The topological polar surface area (TPSA) is 104 Å². The molecule has 3 N–H and O–H groups in total. The van der Waals surface area contributed by atoms with Crippen LogP contribution in [0.4, 0.5) is 0 Å². The van der Waals surface area contributed by atoms with Crippen molar-refractivity contribution in [2.45, 2.75) is 6.42 Å². The summed E-state index contributed by atoms with van der Waals surface area (Å²) in [5.41, 5.74) is -0.882. The zero-order valence-corrected chi connectivity index (χ0v) is 10.6. The van der Waals surface area contributed by atoms with Crippen LogP contribution in [-0.4, -0.2) is 33.9 Å². The fourth-order valence-corrected chi connectivity index (χ4v) is 1.66. The van der Waals surface area contributed by atoms with Gasteiger partial charge in [0.05, 0.1) is 0 Å². The van der Waals surface area contributed by atoms with Gasteiger partial charge in [0.2, 0.25) is 0 Å². The first kappa shape index (κ1) is 15.3. The van der Waals surface area contributed by atoms with Crippen LogP contribution >= 0.6 is 0 Å². The third-order valence-electron chi connectivity index (χ3n) is 2.49. The van der Waals surface area contributed by atoms with Gasteiger partial charge in [0.1, 0.15) is 29.2 Å². The molecule has 6 nitrogen and oxygen atoms in total. The maximum absolute atomic E-state index is 11.7. The van der Waals surface area contributed by atoms with Gasteiger partial charge in [-0.1, -0.05) is 18.7 Å². The highest BCUT2D eigenvalue weighted by Crippen LogP contribution is 2.34. The van der Waals surface area contributed by atoms with Gasteiger partial charge in [-0.2, -0.15) is 0 Å². The van der Waals surface area contributed by atoms with Gasteiger partial charge in [0, 0.05) is 5.56 Å². The first-order valence-electron chi connectivity index (χ1n) is 5.64. The van der Waals surface area contributed by atoms with E-state index in [9.17, 15) is 19.8 Å². The molecule has 0 spiro atoms. The lowest BCUT2D eigenvalue weighted by atomic mass is 9.98. The normalized spacial score (nSPS) is 9.80. The zero-order valence-electron chi connectivity index (χ0n) is 10.6. The average molecular weight is 278 g/mol. The van der Waals surface area contributed by atoms with E-state index in [0.29, 0.717) is 0 Å². The van der Waals surface area contributed by atoms with Crippen LogP contribution in [0.2, 0.25) is 0 Å². The molecule has 0 saturated heterocycles. The maximum atomic E-state index is 11.7. The number of aromatic carboxylic acids is 1. The van der Waals surface area contributed by atoms with Crippen LogP contribution in [-0.2, 0) is 11.2 Å². The molecule has 0 heterocycles. The lowest BCUT2D eigenvalue weighted by Crippen LogP contribution is -2.10. The van der Waals surface area contributed by atoms with E-state index in [-0.39, 0.29) is 24.2 Å². The number of phenols is 2. The Kier molecular flexibility index (Phi) is 4.91. The third kappa shape index (κ3) is 2.97. The van der Waals surface area contributed by atoms with Crippen molar-refractivity contribution in [3.05, 3.63) is 48.1 Å². The number of phenolic OH excluding ortho intramolecular Hbond substituents is 1. The van der Waals surface area contributed by atoms with Crippen LogP contribution in [0.15, 0.2) is 31.4 Å². The number of hydrogen-bond acceptors (Lipinski definition) is 5. The second-order valence-electron chi connectivity index (χ2n) is 3.83. The second-order valence-corrected chi connectivity index (χ2v) is 3.83. The zero-order chi connectivity index (χ0) is 15.3. The molecule has 0 radical (unpaired) electrons. The number of esters is 1. The van der Waals surface area contributed by atoms with Crippen LogP contribution in [0.5, 0.6) is 11.5 Å². The van der Waals surface area contributed by atoms with E-state index in [1.54, 1.807) is 0 Å². The van der Waals surface area contributed by atoms with Gasteiger partial charge in [-0.15, -0.1) is 6.58 Å². The number of ether oxygens (including phenoxy) is 1. The number of carbonyl (C=O) groups is 2. The molecule has 0 saturated carbocycles. The smallest absolute Gasteiger partial charge is 0.342 e. The molecular formula is C14H14O6. The summed E-state index contributed by atoms with van der Waals surface area (Å²) in [7, 11) is 0. The summed E-state index contributed by atoms with van der Waals surface area (Å²) < 4.78 is 4.75. The Labute approximate surface area is 115 Å². The molecule has 0 unspecified atom stereocenters. The summed E-state index contributed by atoms with van der Waals surface area (Å²) in [5.74, 6) is -3.48. The molecule has 1 aromatic rings. The molecule has 0 fully saturated rings. The van der Waals surface area contributed by atoms with Gasteiger partial charge in [-0.05, 0) is 12.5 Å². The Morgan fingerprint density at radius 1 is 1.25 bits per heavy atom. The molecule has 0 aliphatic rings. The standard InChI is InChI=1S/C14H14O6/c1-3-5-8-11(13(17)18)10(15)7-9(12(8)16)14(19)20-6-4-2/h3-4,7,15-16H,1-2,5-6H2,(H,17,18). The number of rotatable bonds is 6. The van der Waals surface area contributed by atoms with Crippen molar-refractivity contribution in [3.63, 3.8) is 0 Å². The summed E-state index contributed by atoms with van der Waals surface area (Å²) in [4.78, 5) is 22.8. The van der Waals surface area contributed by atoms with Crippen molar-refractivity contribution >= 4 is 11.9 Å². The molecule has 0 atom stereocenters. The quantitative estimate of drug-likeness (QED) is 0.417. The van der Waals surface area contributed by atoms with Gasteiger partial charge in [0.25, 0.3) is 0 Å². The molecular weight excluding hydrogens is 264 g/mol. The van der Waals surface area contributed by atoms with E-state index in [0.717, 1.165) is 6.07 Å². The van der Waals surface area contributed by atoms with Crippen molar-refractivity contribution in [2.75, 3.05) is 6.61 Å². The van der Waals surface area contributed by atoms with Crippen molar-refractivity contribution in [2.24, 2.45) is 0 Å². The molecule has 1 aromatic carbocycles. The average Bonchev–Trinajstić information content (AvgIpc) is 2.39. The van der Waals surface area contributed by atoms with Crippen LogP contribution < -0.4 is 0 Å². The molecule has 0 bridgehead atoms.